The summed E-state index contributed by atoms with van der Waals surface area (Å²) in [5.41, 5.74) is 7.72. The maximum Gasteiger partial charge on any atom is 0.175 e. The largest absolute Gasteiger partial charge is 0.493 e. The molecule has 2 aromatic rings. The second-order valence-electron chi connectivity index (χ2n) is 4.19. The fraction of sp³-hybridized carbons (Fsp3) is 0.200. The molecule has 0 atom stereocenters. The Labute approximate surface area is 135 Å². The highest BCUT2D eigenvalue weighted by Crippen LogP contribution is 2.37. The van der Waals surface area contributed by atoms with E-state index >= 15 is 0 Å². The first-order valence-electron chi connectivity index (χ1n) is 6.08. The van der Waals surface area contributed by atoms with Crippen LogP contribution in [0.4, 0.5) is 0 Å². The minimum atomic E-state index is 0.457. The average molecular weight is 401 g/mol. The topological polar surface area (TPSA) is 44.5 Å². The van der Waals surface area contributed by atoms with E-state index in [1.807, 2.05) is 36.4 Å². The van der Waals surface area contributed by atoms with Gasteiger partial charge in [0.15, 0.2) is 11.5 Å². The Morgan fingerprint density at radius 2 is 1.85 bits per heavy atom. The Morgan fingerprint density at radius 3 is 2.50 bits per heavy atom. The molecule has 0 saturated heterocycles. The quantitative estimate of drug-likeness (QED) is 0.815. The van der Waals surface area contributed by atoms with Gasteiger partial charge in [-0.05, 0) is 39.7 Å². The van der Waals surface area contributed by atoms with Crippen LogP contribution in [0.1, 0.15) is 11.1 Å². The number of ether oxygens (including phenoxy) is 2. The zero-order valence-electron chi connectivity index (χ0n) is 11.0. The molecule has 0 amide bonds. The minimum absolute atomic E-state index is 0.457. The molecule has 5 heteroatoms. The molecular weight excluding hydrogens is 386 g/mol. The molecule has 0 aliphatic heterocycles. The van der Waals surface area contributed by atoms with Crippen molar-refractivity contribution in [2.45, 2.75) is 13.2 Å². The van der Waals surface area contributed by atoms with Crippen molar-refractivity contribution in [2.75, 3.05) is 7.11 Å². The first-order valence-corrected chi connectivity index (χ1v) is 7.67. The van der Waals surface area contributed by atoms with Crippen LogP contribution in [-0.2, 0) is 13.2 Å². The van der Waals surface area contributed by atoms with Crippen molar-refractivity contribution in [3.05, 3.63) is 56.5 Å². The maximum absolute atomic E-state index is 5.88. The van der Waals surface area contributed by atoms with Crippen molar-refractivity contribution >= 4 is 31.9 Å². The lowest BCUT2D eigenvalue weighted by atomic mass is 10.2. The molecule has 0 unspecified atom stereocenters. The van der Waals surface area contributed by atoms with Crippen LogP contribution in [0.2, 0.25) is 0 Å². The summed E-state index contributed by atoms with van der Waals surface area (Å²) < 4.78 is 13.1. The Hall–Kier alpha value is -1.04. The van der Waals surface area contributed by atoms with Gasteiger partial charge >= 0.3 is 0 Å². The summed E-state index contributed by atoms with van der Waals surface area (Å²) in [5.74, 6) is 1.35. The molecule has 2 N–H and O–H groups in total. The number of hydrogen-bond acceptors (Lipinski definition) is 3. The molecule has 3 nitrogen and oxygen atoms in total. The molecule has 0 aliphatic rings. The third kappa shape index (κ3) is 3.53. The molecule has 0 fully saturated rings. The Morgan fingerprint density at radius 1 is 1.10 bits per heavy atom. The van der Waals surface area contributed by atoms with Crippen LogP contribution in [0.3, 0.4) is 0 Å². The molecule has 0 heterocycles. The minimum Gasteiger partial charge on any atom is -0.493 e. The Kier molecular flexibility index (Phi) is 5.46. The fourth-order valence-corrected chi connectivity index (χ4v) is 2.80. The van der Waals surface area contributed by atoms with Crippen LogP contribution in [0.25, 0.3) is 0 Å². The summed E-state index contributed by atoms with van der Waals surface area (Å²) >= 11 is 7.01. The number of nitrogens with two attached hydrogens (primary N) is 1. The van der Waals surface area contributed by atoms with Crippen molar-refractivity contribution in [1.82, 2.24) is 0 Å². The second-order valence-corrected chi connectivity index (χ2v) is 5.90. The van der Waals surface area contributed by atoms with E-state index in [0.717, 1.165) is 20.1 Å². The lowest BCUT2D eigenvalue weighted by Crippen LogP contribution is -2.02. The van der Waals surface area contributed by atoms with Crippen molar-refractivity contribution < 1.29 is 9.47 Å². The summed E-state index contributed by atoms with van der Waals surface area (Å²) in [7, 11) is 1.62. The van der Waals surface area contributed by atoms with E-state index in [1.54, 1.807) is 7.11 Å². The first kappa shape index (κ1) is 15.4. The van der Waals surface area contributed by atoms with Gasteiger partial charge in [-0.15, -0.1) is 0 Å². The smallest absolute Gasteiger partial charge is 0.175 e. The van der Waals surface area contributed by atoms with E-state index in [1.165, 1.54) is 0 Å². The van der Waals surface area contributed by atoms with Crippen molar-refractivity contribution in [1.29, 1.82) is 0 Å². The second kappa shape index (κ2) is 7.11. The van der Waals surface area contributed by atoms with E-state index in [4.69, 9.17) is 15.2 Å². The summed E-state index contributed by atoms with van der Waals surface area (Å²) in [4.78, 5) is 0. The van der Waals surface area contributed by atoms with E-state index in [0.29, 0.717) is 24.7 Å². The van der Waals surface area contributed by atoms with E-state index in [9.17, 15) is 0 Å². The summed E-state index contributed by atoms with van der Waals surface area (Å²) in [6.45, 7) is 0.915. The van der Waals surface area contributed by atoms with Crippen LogP contribution >= 0.6 is 31.9 Å². The highest BCUT2D eigenvalue weighted by molar-refractivity contribution is 9.10. The van der Waals surface area contributed by atoms with Crippen molar-refractivity contribution in [3.8, 4) is 11.5 Å². The van der Waals surface area contributed by atoms with Gasteiger partial charge in [-0.2, -0.15) is 0 Å². The van der Waals surface area contributed by atoms with Crippen LogP contribution < -0.4 is 15.2 Å². The Balaban J connectivity index is 2.23. The third-order valence-corrected chi connectivity index (χ3v) is 4.22. The number of rotatable bonds is 5. The molecule has 0 aliphatic carbocycles. The summed E-state index contributed by atoms with van der Waals surface area (Å²) in [6, 6.07) is 11.8. The predicted molar refractivity (Wildman–Crippen MR) is 87.1 cm³/mol. The van der Waals surface area contributed by atoms with E-state index in [2.05, 4.69) is 31.9 Å². The highest BCUT2D eigenvalue weighted by atomic mass is 79.9. The maximum atomic E-state index is 5.88. The monoisotopic (exact) mass is 399 g/mol. The molecule has 20 heavy (non-hydrogen) atoms. The van der Waals surface area contributed by atoms with Gasteiger partial charge in [-0.1, -0.05) is 34.1 Å². The van der Waals surface area contributed by atoms with Crippen LogP contribution in [0.15, 0.2) is 45.3 Å². The molecule has 0 radical (unpaired) electrons. The van der Waals surface area contributed by atoms with Gasteiger partial charge in [0.2, 0.25) is 0 Å². The van der Waals surface area contributed by atoms with Gasteiger partial charge in [0.05, 0.1) is 11.6 Å². The van der Waals surface area contributed by atoms with Crippen LogP contribution in [-0.4, -0.2) is 7.11 Å². The third-order valence-electron chi connectivity index (χ3n) is 2.85. The summed E-state index contributed by atoms with van der Waals surface area (Å²) in [6.07, 6.45) is 0. The van der Waals surface area contributed by atoms with Crippen molar-refractivity contribution in [3.63, 3.8) is 0 Å². The van der Waals surface area contributed by atoms with Gasteiger partial charge in [0, 0.05) is 16.6 Å². The van der Waals surface area contributed by atoms with E-state index in [-0.39, 0.29) is 0 Å². The van der Waals surface area contributed by atoms with Gasteiger partial charge in [-0.25, -0.2) is 0 Å². The normalized spacial score (nSPS) is 10.4. The Bertz CT molecular complexity index is 602. The molecule has 0 spiro atoms. The SMILES string of the molecule is COc1cc(CN)cc(Br)c1OCc1ccccc1Br. The lowest BCUT2D eigenvalue weighted by Gasteiger charge is -2.14. The zero-order valence-corrected chi connectivity index (χ0v) is 14.2. The molecule has 0 bridgehead atoms. The number of hydrogen-bond donors (Lipinski definition) is 1. The fourth-order valence-electron chi connectivity index (χ4n) is 1.80. The van der Waals surface area contributed by atoms with Gasteiger partial charge in [-0.3, -0.25) is 0 Å². The van der Waals surface area contributed by atoms with Crippen LogP contribution in [0.5, 0.6) is 11.5 Å². The number of benzene rings is 2. The van der Waals surface area contributed by atoms with Crippen LogP contribution in [0, 0.1) is 0 Å². The van der Waals surface area contributed by atoms with Crippen molar-refractivity contribution in [2.24, 2.45) is 5.73 Å². The molecule has 2 rings (SSSR count). The summed E-state index contributed by atoms with van der Waals surface area (Å²) in [5, 5.41) is 0. The molecular formula is C15H15Br2NO2. The van der Waals surface area contributed by atoms with E-state index < -0.39 is 0 Å². The number of methoxy groups -OCH3 is 1. The predicted octanol–water partition coefficient (Wildman–Crippen LogP) is 4.26. The van der Waals surface area contributed by atoms with Gasteiger partial charge < -0.3 is 15.2 Å². The number of halogens is 2. The zero-order chi connectivity index (χ0) is 14.5. The molecule has 0 aromatic heterocycles. The van der Waals surface area contributed by atoms with Gasteiger partial charge in [0.25, 0.3) is 0 Å². The molecule has 106 valence electrons. The lowest BCUT2D eigenvalue weighted by molar-refractivity contribution is 0.282. The van der Waals surface area contributed by atoms with Gasteiger partial charge in [0.1, 0.15) is 6.61 Å². The molecule has 0 saturated carbocycles. The average Bonchev–Trinajstić information content (AvgIpc) is 2.46. The standard InChI is InChI=1S/C15H15Br2NO2/c1-19-14-7-10(8-18)6-13(17)15(14)20-9-11-4-2-3-5-12(11)16/h2-7H,8-9,18H2,1H3. The molecule has 2 aromatic carbocycles. The first-order chi connectivity index (χ1) is 9.65. The highest BCUT2D eigenvalue weighted by Gasteiger charge is 2.12.